The average molecular weight is 443 g/mol. The van der Waals surface area contributed by atoms with Crippen LogP contribution in [0.1, 0.15) is 90.3 Å². The number of likely N-dealkylation sites (tertiary alicyclic amines) is 1. The minimum absolute atomic E-state index is 0.0249. The van der Waals surface area contributed by atoms with E-state index < -0.39 is 0 Å². The number of amides is 1. The molecular weight excluding hydrogens is 400 g/mol. The molecule has 1 spiro atoms. The average Bonchev–Trinajstić information content (AvgIpc) is 2.96. The third-order valence-electron chi connectivity index (χ3n) is 8.28. The first-order chi connectivity index (χ1) is 15.0. The van der Waals surface area contributed by atoms with Crippen LogP contribution in [0.5, 0.6) is 11.5 Å². The highest BCUT2D eigenvalue weighted by atomic mass is 16.5. The molecule has 5 heteroatoms. The number of nitrogens with one attached hydrogen (secondary N) is 1. The second-order valence-corrected chi connectivity index (χ2v) is 12.1. The molecular formula is C27H42N2O3. The Morgan fingerprint density at radius 2 is 1.53 bits per heavy atom. The Morgan fingerprint density at radius 3 is 2.06 bits per heavy atom. The van der Waals surface area contributed by atoms with Gasteiger partial charge in [-0.2, -0.15) is 0 Å². The monoisotopic (exact) mass is 442 g/mol. The van der Waals surface area contributed by atoms with Gasteiger partial charge in [-0.15, -0.1) is 0 Å². The number of fused-ring (bicyclic) bond motifs is 2. The molecule has 0 radical (unpaired) electrons. The highest BCUT2D eigenvalue weighted by Gasteiger charge is 2.48. The maximum Gasteiger partial charge on any atom is 0.217 e. The number of hydrogen-bond donors (Lipinski definition) is 1. The molecule has 32 heavy (non-hydrogen) atoms. The second-order valence-electron chi connectivity index (χ2n) is 12.1. The van der Waals surface area contributed by atoms with Crippen molar-refractivity contribution < 1.29 is 14.3 Å². The molecule has 3 aliphatic rings. The number of benzene rings is 1. The molecule has 1 aromatic rings. The molecule has 1 amide bonds. The summed E-state index contributed by atoms with van der Waals surface area (Å²) in [5.41, 5.74) is 3.45. The van der Waals surface area contributed by atoms with E-state index in [1.54, 1.807) is 21.1 Å². The van der Waals surface area contributed by atoms with Crippen LogP contribution in [0.3, 0.4) is 0 Å². The van der Waals surface area contributed by atoms with Gasteiger partial charge in [-0.1, -0.05) is 27.7 Å². The quantitative estimate of drug-likeness (QED) is 0.694. The predicted molar refractivity (Wildman–Crippen MR) is 128 cm³/mol. The van der Waals surface area contributed by atoms with Crippen molar-refractivity contribution in [2.24, 2.45) is 10.8 Å². The van der Waals surface area contributed by atoms with Crippen LogP contribution in [0.15, 0.2) is 12.1 Å². The van der Waals surface area contributed by atoms with Crippen molar-refractivity contribution in [3.63, 3.8) is 0 Å². The summed E-state index contributed by atoms with van der Waals surface area (Å²) in [5.74, 6) is 1.55. The fraction of sp³-hybridized carbons (Fsp3) is 0.741. The van der Waals surface area contributed by atoms with Gasteiger partial charge in [0.2, 0.25) is 5.91 Å². The van der Waals surface area contributed by atoms with Crippen LogP contribution >= 0.6 is 0 Å². The summed E-state index contributed by atoms with van der Waals surface area (Å²) in [5, 5.41) is 3.21. The van der Waals surface area contributed by atoms with Gasteiger partial charge in [0.15, 0.2) is 11.5 Å². The SMILES string of the molecule is COc1cc2c(cc1OC)C1(CCN(C3CC(C)(C)CC(C)(C)C3)CC1)C[C@@H]2NC(C)=O. The molecule has 4 rings (SSSR count). The Hall–Kier alpha value is -1.75. The summed E-state index contributed by atoms with van der Waals surface area (Å²) < 4.78 is 11.2. The zero-order chi connectivity index (χ0) is 23.3. The van der Waals surface area contributed by atoms with Gasteiger partial charge in [-0.25, -0.2) is 0 Å². The van der Waals surface area contributed by atoms with Crippen molar-refractivity contribution >= 4 is 5.91 Å². The maximum absolute atomic E-state index is 12.0. The minimum Gasteiger partial charge on any atom is -0.493 e. The number of carbonyl (C=O) groups excluding carboxylic acids is 1. The first kappa shape index (κ1) is 23.4. The van der Waals surface area contributed by atoms with Crippen LogP contribution in [0.25, 0.3) is 0 Å². The highest BCUT2D eigenvalue weighted by molar-refractivity contribution is 5.74. The summed E-state index contributed by atoms with van der Waals surface area (Å²) in [4.78, 5) is 14.7. The molecule has 1 heterocycles. The van der Waals surface area contributed by atoms with E-state index in [0.29, 0.717) is 16.9 Å². The molecule has 2 fully saturated rings. The van der Waals surface area contributed by atoms with E-state index in [0.717, 1.165) is 43.9 Å². The zero-order valence-corrected chi connectivity index (χ0v) is 21.1. The molecule has 1 aliphatic heterocycles. The van der Waals surface area contributed by atoms with Crippen molar-refractivity contribution in [2.75, 3.05) is 27.3 Å². The molecule has 178 valence electrons. The Morgan fingerprint density at radius 1 is 0.969 bits per heavy atom. The fourth-order valence-corrected chi connectivity index (χ4v) is 7.46. The van der Waals surface area contributed by atoms with Gasteiger partial charge in [0.1, 0.15) is 0 Å². The van der Waals surface area contributed by atoms with Crippen molar-refractivity contribution in [3.8, 4) is 11.5 Å². The van der Waals surface area contributed by atoms with Gasteiger partial charge < -0.3 is 19.7 Å². The molecule has 1 atom stereocenters. The minimum atomic E-state index is 0.0249. The molecule has 5 nitrogen and oxygen atoms in total. The molecule has 1 aromatic carbocycles. The summed E-state index contributed by atoms with van der Waals surface area (Å²) in [6, 6.07) is 4.98. The largest absolute Gasteiger partial charge is 0.493 e. The van der Waals surface area contributed by atoms with Crippen LogP contribution < -0.4 is 14.8 Å². The molecule has 1 N–H and O–H groups in total. The van der Waals surface area contributed by atoms with Crippen LogP contribution in [-0.4, -0.2) is 44.2 Å². The van der Waals surface area contributed by atoms with E-state index in [1.165, 1.54) is 30.4 Å². The third kappa shape index (κ3) is 4.37. The van der Waals surface area contributed by atoms with Crippen LogP contribution in [0, 0.1) is 10.8 Å². The van der Waals surface area contributed by atoms with Gasteiger partial charge in [-0.3, -0.25) is 4.79 Å². The first-order valence-corrected chi connectivity index (χ1v) is 12.3. The predicted octanol–water partition coefficient (Wildman–Crippen LogP) is 5.22. The number of hydrogen-bond acceptors (Lipinski definition) is 4. The van der Waals surface area contributed by atoms with Gasteiger partial charge in [-0.05, 0) is 85.7 Å². The van der Waals surface area contributed by atoms with Crippen molar-refractivity contribution in [3.05, 3.63) is 23.3 Å². The van der Waals surface area contributed by atoms with Crippen LogP contribution in [0.4, 0.5) is 0 Å². The van der Waals surface area contributed by atoms with Crippen LogP contribution in [-0.2, 0) is 10.2 Å². The number of piperidine rings is 1. The fourth-order valence-electron chi connectivity index (χ4n) is 7.46. The highest BCUT2D eigenvalue weighted by Crippen LogP contribution is 2.54. The van der Waals surface area contributed by atoms with E-state index in [2.05, 4.69) is 50.0 Å². The number of ether oxygens (including phenoxy) is 2. The first-order valence-electron chi connectivity index (χ1n) is 12.3. The molecule has 1 saturated heterocycles. The Labute approximate surface area is 194 Å². The van der Waals surface area contributed by atoms with Crippen molar-refractivity contribution in [1.82, 2.24) is 10.2 Å². The number of carbonyl (C=O) groups is 1. The molecule has 0 bridgehead atoms. The Bertz CT molecular complexity index is 852. The second kappa shape index (κ2) is 8.23. The zero-order valence-electron chi connectivity index (χ0n) is 21.1. The number of methoxy groups -OCH3 is 2. The standard InChI is InChI=1S/C27H42N2O3/c1-18(30)28-22-16-27(21-13-24(32-7)23(31-6)12-20(21)22)8-10-29(11-9-27)19-14-25(2,3)17-26(4,5)15-19/h12-13,19,22H,8-11,14-17H2,1-7H3,(H,28,30)/t22-/m0/s1. The number of nitrogens with zero attached hydrogens (tertiary/aromatic N) is 1. The van der Waals surface area contributed by atoms with E-state index in [9.17, 15) is 4.79 Å². The summed E-state index contributed by atoms with van der Waals surface area (Å²) in [6.45, 7) is 13.6. The molecule has 2 aliphatic carbocycles. The van der Waals surface area contributed by atoms with Gasteiger partial charge in [0, 0.05) is 18.4 Å². The van der Waals surface area contributed by atoms with Gasteiger partial charge >= 0.3 is 0 Å². The van der Waals surface area contributed by atoms with E-state index >= 15 is 0 Å². The normalized spacial score (nSPS) is 26.5. The van der Waals surface area contributed by atoms with Crippen molar-refractivity contribution in [1.29, 1.82) is 0 Å². The smallest absolute Gasteiger partial charge is 0.217 e. The van der Waals surface area contributed by atoms with Crippen molar-refractivity contribution in [2.45, 2.75) is 90.6 Å². The lowest BCUT2D eigenvalue weighted by Gasteiger charge is -2.51. The lowest BCUT2D eigenvalue weighted by atomic mass is 9.63. The van der Waals surface area contributed by atoms with E-state index in [1.807, 2.05) is 0 Å². The summed E-state index contributed by atoms with van der Waals surface area (Å²) in [7, 11) is 3.38. The maximum atomic E-state index is 12.0. The lowest BCUT2D eigenvalue weighted by molar-refractivity contribution is -0.119. The van der Waals surface area contributed by atoms with Gasteiger partial charge in [0.25, 0.3) is 0 Å². The summed E-state index contributed by atoms with van der Waals surface area (Å²) in [6.07, 6.45) is 7.11. The topological polar surface area (TPSA) is 50.8 Å². The third-order valence-corrected chi connectivity index (χ3v) is 8.28. The molecule has 0 aromatic heterocycles. The van der Waals surface area contributed by atoms with E-state index in [-0.39, 0.29) is 17.4 Å². The van der Waals surface area contributed by atoms with Crippen LogP contribution in [0.2, 0.25) is 0 Å². The van der Waals surface area contributed by atoms with Gasteiger partial charge in [0.05, 0.1) is 20.3 Å². The number of rotatable bonds is 4. The van der Waals surface area contributed by atoms with E-state index in [4.69, 9.17) is 9.47 Å². The molecule has 1 saturated carbocycles. The molecule has 0 unspecified atom stereocenters. The summed E-state index contributed by atoms with van der Waals surface area (Å²) >= 11 is 0. The Balaban J connectivity index is 1.59. The lowest BCUT2D eigenvalue weighted by Crippen LogP contribution is -2.51. The Kier molecular flexibility index (Phi) is 6.02.